The molecule has 170 valence electrons. The van der Waals surface area contributed by atoms with Gasteiger partial charge in [-0.2, -0.15) is 0 Å². The Kier molecular flexibility index (Phi) is 6.55. The molecule has 4 rings (SSSR count). The van der Waals surface area contributed by atoms with Crippen LogP contribution in [0.4, 0.5) is 5.69 Å². The van der Waals surface area contributed by atoms with Gasteiger partial charge in [-0.1, -0.05) is 35.3 Å². The average Bonchev–Trinajstić information content (AvgIpc) is 3.25. The van der Waals surface area contributed by atoms with E-state index in [2.05, 4.69) is 63.2 Å². The maximum atomic E-state index is 6.39. The first kappa shape index (κ1) is 22.8. The topological polar surface area (TPSA) is 72.2 Å². The maximum absolute atomic E-state index is 6.39. The van der Waals surface area contributed by atoms with E-state index in [0.29, 0.717) is 10.0 Å². The molecule has 1 unspecified atom stereocenters. The minimum atomic E-state index is -0.247. The number of nitrogens with zero attached hydrogens (tertiary/aromatic N) is 7. The molecule has 3 aromatic rings. The zero-order valence-corrected chi connectivity index (χ0v) is 20.2. The molecule has 1 fully saturated rings. The van der Waals surface area contributed by atoms with Crippen LogP contribution in [0.2, 0.25) is 10.0 Å². The van der Waals surface area contributed by atoms with Crippen molar-refractivity contribution in [1.82, 2.24) is 30.1 Å². The first-order chi connectivity index (χ1) is 15.3. The highest BCUT2D eigenvalue weighted by atomic mass is 35.5. The zero-order valence-electron chi connectivity index (χ0n) is 18.7. The Balaban J connectivity index is 1.65. The zero-order chi connectivity index (χ0) is 22.9. The van der Waals surface area contributed by atoms with Gasteiger partial charge in [-0.05, 0) is 48.9 Å². The van der Waals surface area contributed by atoms with Crippen molar-refractivity contribution in [3.63, 3.8) is 0 Å². The molecule has 0 saturated carbocycles. The predicted molar refractivity (Wildman–Crippen MR) is 126 cm³/mol. The lowest BCUT2D eigenvalue weighted by Gasteiger charge is -2.40. The first-order valence-corrected chi connectivity index (χ1v) is 11.3. The molecular formula is C22H27Cl2N7O. The minimum absolute atomic E-state index is 0.0966. The molecule has 0 bridgehead atoms. The van der Waals surface area contributed by atoms with Crippen molar-refractivity contribution in [2.24, 2.45) is 0 Å². The van der Waals surface area contributed by atoms with Gasteiger partial charge in [-0.15, -0.1) is 5.10 Å². The van der Waals surface area contributed by atoms with Crippen molar-refractivity contribution in [3.8, 4) is 5.75 Å². The Morgan fingerprint density at radius 1 is 0.969 bits per heavy atom. The monoisotopic (exact) mass is 475 g/mol. The number of piperazine rings is 1. The fourth-order valence-corrected chi connectivity index (χ4v) is 4.67. The summed E-state index contributed by atoms with van der Waals surface area (Å²) < 4.78 is 7.26. The van der Waals surface area contributed by atoms with E-state index in [1.54, 1.807) is 19.5 Å². The summed E-state index contributed by atoms with van der Waals surface area (Å²) in [6.07, 6.45) is 3.26. The van der Waals surface area contributed by atoms with Gasteiger partial charge in [0.05, 0.1) is 34.4 Å². The number of methoxy groups -OCH3 is 1. The summed E-state index contributed by atoms with van der Waals surface area (Å²) in [5.74, 6) is 1.63. The first-order valence-electron chi connectivity index (χ1n) is 10.5. The molecule has 10 heteroatoms. The van der Waals surface area contributed by atoms with Crippen molar-refractivity contribution in [3.05, 3.63) is 58.1 Å². The van der Waals surface area contributed by atoms with E-state index in [0.717, 1.165) is 49.0 Å². The highest BCUT2D eigenvalue weighted by molar-refractivity contribution is 6.38. The Labute approximate surface area is 198 Å². The smallest absolute Gasteiger partial charge is 0.173 e. The van der Waals surface area contributed by atoms with Crippen LogP contribution in [0.25, 0.3) is 0 Å². The van der Waals surface area contributed by atoms with Gasteiger partial charge >= 0.3 is 0 Å². The van der Waals surface area contributed by atoms with E-state index in [9.17, 15) is 0 Å². The van der Waals surface area contributed by atoms with Crippen LogP contribution < -0.4 is 9.64 Å². The molecule has 0 amide bonds. The normalized spacial score (nSPS) is 16.2. The molecule has 0 N–H and O–H groups in total. The van der Waals surface area contributed by atoms with Crippen molar-refractivity contribution < 1.29 is 4.74 Å². The summed E-state index contributed by atoms with van der Waals surface area (Å²) >= 11 is 12.8. The van der Waals surface area contributed by atoms with Crippen LogP contribution in [-0.4, -0.2) is 63.4 Å². The quantitative estimate of drug-likeness (QED) is 0.550. The molecule has 0 aliphatic carbocycles. The second-order valence-corrected chi connectivity index (χ2v) is 9.58. The molecule has 1 saturated heterocycles. The lowest BCUT2D eigenvalue weighted by molar-refractivity contribution is 0.191. The van der Waals surface area contributed by atoms with E-state index in [4.69, 9.17) is 27.9 Å². The van der Waals surface area contributed by atoms with Crippen molar-refractivity contribution in [2.45, 2.75) is 32.4 Å². The summed E-state index contributed by atoms with van der Waals surface area (Å²) in [5, 5.41) is 13.9. The number of ether oxygens (including phenoxy) is 1. The number of benzene rings is 1. The molecule has 8 nitrogen and oxygen atoms in total. The van der Waals surface area contributed by atoms with E-state index >= 15 is 0 Å². The van der Waals surface area contributed by atoms with Crippen molar-refractivity contribution in [1.29, 1.82) is 0 Å². The van der Waals surface area contributed by atoms with Crippen LogP contribution in [0.1, 0.15) is 38.2 Å². The van der Waals surface area contributed by atoms with Gasteiger partial charge in [0.15, 0.2) is 5.82 Å². The van der Waals surface area contributed by atoms with Gasteiger partial charge in [-0.3, -0.25) is 9.88 Å². The summed E-state index contributed by atoms with van der Waals surface area (Å²) in [5.41, 5.74) is 1.70. The van der Waals surface area contributed by atoms with Crippen LogP contribution in [-0.2, 0) is 5.54 Å². The van der Waals surface area contributed by atoms with Crippen LogP contribution in [0.5, 0.6) is 5.75 Å². The number of hydrogen-bond acceptors (Lipinski definition) is 7. The van der Waals surface area contributed by atoms with Gasteiger partial charge < -0.3 is 9.64 Å². The van der Waals surface area contributed by atoms with E-state index in [1.807, 2.05) is 16.8 Å². The second kappa shape index (κ2) is 9.21. The lowest BCUT2D eigenvalue weighted by atomic mass is 10.0. The van der Waals surface area contributed by atoms with Crippen LogP contribution >= 0.6 is 23.2 Å². The van der Waals surface area contributed by atoms with Crippen molar-refractivity contribution >= 4 is 28.9 Å². The second-order valence-electron chi connectivity index (χ2n) is 8.77. The third kappa shape index (κ3) is 4.53. The molecule has 1 aliphatic rings. The van der Waals surface area contributed by atoms with Gasteiger partial charge in [-0.25, -0.2) is 4.68 Å². The lowest BCUT2D eigenvalue weighted by Crippen LogP contribution is -2.49. The SMILES string of the molecule is COc1ccc(C(c2nnnn2C(C)(C)C)N2CCN(c3c(Cl)cncc3Cl)CC2)cc1. The molecule has 1 aromatic carbocycles. The van der Waals surface area contributed by atoms with E-state index in [-0.39, 0.29) is 11.6 Å². The Hall–Kier alpha value is -2.42. The maximum Gasteiger partial charge on any atom is 0.173 e. The van der Waals surface area contributed by atoms with Gasteiger partial charge in [0, 0.05) is 38.6 Å². The highest BCUT2D eigenvalue weighted by Crippen LogP contribution is 2.36. The average molecular weight is 476 g/mol. The Morgan fingerprint density at radius 3 is 2.16 bits per heavy atom. The van der Waals surface area contributed by atoms with Crippen LogP contribution in [0.15, 0.2) is 36.7 Å². The molecule has 32 heavy (non-hydrogen) atoms. The molecule has 1 aliphatic heterocycles. The number of rotatable bonds is 5. The van der Waals surface area contributed by atoms with Gasteiger partial charge in [0.2, 0.25) is 0 Å². The number of anilines is 1. The molecule has 0 spiro atoms. The molecule has 3 heterocycles. The van der Waals surface area contributed by atoms with Gasteiger partial charge in [0.25, 0.3) is 0 Å². The fourth-order valence-electron chi connectivity index (χ4n) is 4.06. The summed E-state index contributed by atoms with van der Waals surface area (Å²) in [7, 11) is 1.67. The highest BCUT2D eigenvalue weighted by Gasteiger charge is 2.33. The summed E-state index contributed by atoms with van der Waals surface area (Å²) in [6, 6.07) is 8.00. The number of halogens is 2. The van der Waals surface area contributed by atoms with E-state index in [1.165, 1.54) is 0 Å². The number of pyridine rings is 1. The fraction of sp³-hybridized carbons (Fsp3) is 0.455. The van der Waals surface area contributed by atoms with E-state index < -0.39 is 0 Å². The summed E-state index contributed by atoms with van der Waals surface area (Å²) in [6.45, 7) is 9.43. The largest absolute Gasteiger partial charge is 0.497 e. The van der Waals surface area contributed by atoms with Crippen LogP contribution in [0.3, 0.4) is 0 Å². The summed E-state index contributed by atoms with van der Waals surface area (Å²) in [4.78, 5) is 8.67. The standard InChI is InChI=1S/C22H27Cl2N7O/c1-22(2,3)31-21(26-27-28-31)19(15-5-7-16(32-4)8-6-15)29-9-11-30(12-10-29)20-17(23)13-25-14-18(20)24/h5-8,13-14,19H,9-12H2,1-4H3. The minimum Gasteiger partial charge on any atom is -0.497 e. The molecule has 0 radical (unpaired) electrons. The Bertz CT molecular complexity index is 1040. The Morgan fingerprint density at radius 2 is 1.59 bits per heavy atom. The molecular weight excluding hydrogens is 449 g/mol. The van der Waals surface area contributed by atoms with Gasteiger partial charge in [0.1, 0.15) is 5.75 Å². The third-order valence-electron chi connectivity index (χ3n) is 5.63. The van der Waals surface area contributed by atoms with Crippen molar-refractivity contribution in [2.75, 3.05) is 38.2 Å². The predicted octanol–water partition coefficient (Wildman–Crippen LogP) is 4.05. The van der Waals surface area contributed by atoms with Crippen LogP contribution in [0, 0.1) is 0 Å². The number of hydrogen-bond donors (Lipinski definition) is 0. The molecule has 2 aromatic heterocycles. The number of aromatic nitrogens is 5. The number of tetrazole rings is 1. The molecule has 1 atom stereocenters. The third-order valence-corrected chi connectivity index (χ3v) is 6.18.